The van der Waals surface area contributed by atoms with Gasteiger partial charge in [0.2, 0.25) is 0 Å². The van der Waals surface area contributed by atoms with E-state index in [4.69, 9.17) is 0 Å². The van der Waals surface area contributed by atoms with E-state index >= 15 is 0 Å². The van der Waals surface area contributed by atoms with Crippen LogP contribution < -0.4 is 0 Å². The molecule has 2 aromatic carbocycles. The van der Waals surface area contributed by atoms with Crippen LogP contribution >= 0.6 is 0 Å². The van der Waals surface area contributed by atoms with Crippen LogP contribution in [0.25, 0.3) is 10.8 Å². The first-order valence-electron chi connectivity index (χ1n) is 7.06. The summed E-state index contributed by atoms with van der Waals surface area (Å²) in [5.41, 5.74) is 3.09. The molecule has 1 saturated carbocycles. The van der Waals surface area contributed by atoms with Crippen LogP contribution in [0.1, 0.15) is 48.3 Å². The Morgan fingerprint density at radius 3 is 2.63 bits per heavy atom. The number of hydrogen-bond acceptors (Lipinski definition) is 2. The van der Waals surface area contributed by atoms with Crippen molar-refractivity contribution in [2.24, 2.45) is 5.92 Å². The molecule has 0 aliphatic heterocycles. The van der Waals surface area contributed by atoms with Gasteiger partial charge in [-0.3, -0.25) is 0 Å². The zero-order valence-electron chi connectivity index (χ0n) is 11.3. The fourth-order valence-electron chi connectivity index (χ4n) is 4.39. The number of benzene rings is 2. The van der Waals surface area contributed by atoms with E-state index < -0.39 is 0 Å². The molecule has 2 aliphatic rings. The monoisotopic (exact) mass is 254 g/mol. The Labute approximate surface area is 112 Å². The molecule has 0 amide bonds. The molecular formula is C17H18O2. The van der Waals surface area contributed by atoms with Gasteiger partial charge in [-0.05, 0) is 43.1 Å². The van der Waals surface area contributed by atoms with E-state index in [1.807, 2.05) is 25.1 Å². The molecule has 19 heavy (non-hydrogen) atoms. The van der Waals surface area contributed by atoms with Crippen molar-refractivity contribution in [2.75, 3.05) is 0 Å². The van der Waals surface area contributed by atoms with E-state index in [9.17, 15) is 10.2 Å². The fraction of sp³-hybridized carbons (Fsp3) is 0.412. The summed E-state index contributed by atoms with van der Waals surface area (Å²) in [5, 5.41) is 23.0. The Kier molecular flexibility index (Phi) is 2.02. The third kappa shape index (κ3) is 1.22. The number of hydrogen-bond donors (Lipinski definition) is 2. The van der Waals surface area contributed by atoms with Crippen molar-refractivity contribution in [2.45, 2.75) is 38.5 Å². The third-order valence-electron chi connectivity index (χ3n) is 5.23. The Bertz CT molecular complexity index is 702. The molecule has 2 nitrogen and oxygen atoms in total. The molecule has 2 N–H and O–H groups in total. The fourth-order valence-corrected chi connectivity index (χ4v) is 4.39. The highest BCUT2D eigenvalue weighted by Gasteiger charge is 2.45. The predicted molar refractivity (Wildman–Crippen MR) is 75.9 cm³/mol. The first kappa shape index (κ1) is 11.2. The van der Waals surface area contributed by atoms with Crippen molar-refractivity contribution in [3.63, 3.8) is 0 Å². The molecule has 3 unspecified atom stereocenters. The van der Waals surface area contributed by atoms with Crippen molar-refractivity contribution in [1.29, 1.82) is 0 Å². The standard InChI is InChI=1S/C17H18O2/c1-8-4-3-5-11-13(8)17(19)14-10-6-9(2)12(7-10)15(14)16(11)18/h3-5,9-10,12,18-19H,6-7H2,1-2H3. The lowest BCUT2D eigenvalue weighted by atomic mass is 9.81. The van der Waals surface area contributed by atoms with Gasteiger partial charge in [0.05, 0.1) is 0 Å². The molecule has 2 heteroatoms. The highest BCUT2D eigenvalue weighted by atomic mass is 16.3. The molecule has 98 valence electrons. The summed E-state index contributed by atoms with van der Waals surface area (Å²) in [6.07, 6.45) is 2.23. The van der Waals surface area contributed by atoms with Crippen molar-refractivity contribution < 1.29 is 10.2 Å². The molecule has 4 rings (SSSR count). The quantitative estimate of drug-likeness (QED) is 0.693. The van der Waals surface area contributed by atoms with Crippen molar-refractivity contribution in [3.8, 4) is 11.5 Å². The molecule has 0 spiro atoms. The van der Waals surface area contributed by atoms with Gasteiger partial charge in [0.1, 0.15) is 11.5 Å². The minimum Gasteiger partial charge on any atom is -0.507 e. The highest BCUT2D eigenvalue weighted by molar-refractivity contribution is 5.98. The maximum atomic E-state index is 10.7. The lowest BCUT2D eigenvalue weighted by Gasteiger charge is -2.24. The van der Waals surface area contributed by atoms with Crippen molar-refractivity contribution >= 4 is 10.8 Å². The largest absolute Gasteiger partial charge is 0.507 e. The number of rotatable bonds is 0. The van der Waals surface area contributed by atoms with Crippen LogP contribution in [-0.4, -0.2) is 10.2 Å². The van der Waals surface area contributed by atoms with E-state index in [1.165, 1.54) is 0 Å². The summed E-state index contributed by atoms with van der Waals surface area (Å²) in [7, 11) is 0. The Balaban J connectivity index is 2.16. The zero-order chi connectivity index (χ0) is 13.3. The average Bonchev–Trinajstić information content (AvgIpc) is 2.92. The first-order valence-corrected chi connectivity index (χ1v) is 7.06. The summed E-state index contributed by atoms with van der Waals surface area (Å²) in [5.74, 6) is 2.30. The molecular weight excluding hydrogens is 236 g/mol. The van der Waals surface area contributed by atoms with Crippen LogP contribution in [-0.2, 0) is 0 Å². The number of aryl methyl sites for hydroxylation is 1. The molecule has 0 heterocycles. The lowest BCUT2D eigenvalue weighted by molar-refractivity contribution is 0.431. The van der Waals surface area contributed by atoms with E-state index in [-0.39, 0.29) is 0 Å². The van der Waals surface area contributed by atoms with Gasteiger partial charge in [-0.1, -0.05) is 25.1 Å². The zero-order valence-corrected chi connectivity index (χ0v) is 11.3. The van der Waals surface area contributed by atoms with Gasteiger partial charge >= 0.3 is 0 Å². The van der Waals surface area contributed by atoms with E-state index in [2.05, 4.69) is 6.92 Å². The first-order chi connectivity index (χ1) is 9.09. The van der Waals surface area contributed by atoms with E-state index in [0.29, 0.717) is 29.3 Å². The van der Waals surface area contributed by atoms with E-state index in [1.54, 1.807) is 0 Å². The Hall–Kier alpha value is -1.70. The second kappa shape index (κ2) is 3.44. The summed E-state index contributed by atoms with van der Waals surface area (Å²) < 4.78 is 0. The SMILES string of the molecule is Cc1cccc2c(O)c3c(c(O)c12)C1CC(C)C3C1. The second-order valence-electron chi connectivity index (χ2n) is 6.27. The van der Waals surface area contributed by atoms with Crippen LogP contribution in [0.4, 0.5) is 0 Å². The number of aromatic hydroxyl groups is 2. The molecule has 0 radical (unpaired) electrons. The predicted octanol–water partition coefficient (Wildman–Crippen LogP) is 4.17. The van der Waals surface area contributed by atoms with Crippen molar-refractivity contribution in [3.05, 3.63) is 34.9 Å². The topological polar surface area (TPSA) is 40.5 Å². The summed E-state index contributed by atoms with van der Waals surface area (Å²) in [6.45, 7) is 4.24. The molecule has 2 aliphatic carbocycles. The van der Waals surface area contributed by atoms with Crippen LogP contribution in [0.2, 0.25) is 0 Å². The van der Waals surface area contributed by atoms with Gasteiger partial charge in [0.25, 0.3) is 0 Å². The van der Waals surface area contributed by atoms with Crippen molar-refractivity contribution in [1.82, 2.24) is 0 Å². The number of phenols is 2. The van der Waals surface area contributed by atoms with E-state index in [0.717, 1.165) is 40.3 Å². The van der Waals surface area contributed by atoms with Gasteiger partial charge in [-0.25, -0.2) is 0 Å². The summed E-state index contributed by atoms with van der Waals surface area (Å²) in [4.78, 5) is 0. The maximum absolute atomic E-state index is 10.7. The molecule has 0 aromatic heterocycles. The van der Waals surface area contributed by atoms with Crippen LogP contribution in [0.15, 0.2) is 18.2 Å². The minimum absolute atomic E-state index is 0.408. The maximum Gasteiger partial charge on any atom is 0.127 e. The van der Waals surface area contributed by atoms with Crippen LogP contribution in [0, 0.1) is 12.8 Å². The highest BCUT2D eigenvalue weighted by Crippen LogP contribution is 2.62. The normalized spacial score (nSPS) is 28.0. The third-order valence-corrected chi connectivity index (χ3v) is 5.23. The Morgan fingerprint density at radius 1 is 1.05 bits per heavy atom. The minimum atomic E-state index is 0.408. The lowest BCUT2D eigenvalue weighted by Crippen LogP contribution is -2.08. The summed E-state index contributed by atoms with van der Waals surface area (Å²) in [6, 6.07) is 5.85. The molecule has 2 aromatic rings. The second-order valence-corrected chi connectivity index (χ2v) is 6.27. The van der Waals surface area contributed by atoms with Gasteiger partial charge in [0.15, 0.2) is 0 Å². The van der Waals surface area contributed by atoms with Gasteiger partial charge < -0.3 is 10.2 Å². The van der Waals surface area contributed by atoms with Gasteiger partial charge in [0, 0.05) is 21.9 Å². The smallest absolute Gasteiger partial charge is 0.127 e. The average molecular weight is 254 g/mol. The van der Waals surface area contributed by atoms with Gasteiger partial charge in [-0.2, -0.15) is 0 Å². The molecule has 2 bridgehead atoms. The summed E-state index contributed by atoms with van der Waals surface area (Å²) >= 11 is 0. The molecule has 0 saturated heterocycles. The number of phenolic OH excluding ortho intramolecular Hbond substituents is 2. The molecule has 3 atom stereocenters. The van der Waals surface area contributed by atoms with Crippen LogP contribution in [0.5, 0.6) is 11.5 Å². The number of fused-ring (bicyclic) bond motifs is 6. The van der Waals surface area contributed by atoms with Gasteiger partial charge in [-0.15, -0.1) is 0 Å². The van der Waals surface area contributed by atoms with Crippen LogP contribution in [0.3, 0.4) is 0 Å². The Morgan fingerprint density at radius 2 is 1.84 bits per heavy atom. The molecule has 1 fully saturated rings.